The Balaban J connectivity index is 1.77. The van der Waals surface area contributed by atoms with Crippen molar-refractivity contribution in [2.24, 2.45) is 5.16 Å². The minimum atomic E-state index is -0.629. The van der Waals surface area contributed by atoms with E-state index in [2.05, 4.69) is 10.3 Å². The molecule has 10 heteroatoms. The molecule has 1 atom stereocenters. The maximum atomic E-state index is 14.5. The molecular formula is C16H14FN5O4. The fourth-order valence-electron chi connectivity index (χ4n) is 2.76. The van der Waals surface area contributed by atoms with E-state index in [1.807, 2.05) is 0 Å². The SMILES string of the molecule is CC(=O)N1C[C@@H]2CN(C(=O)O2)c2ccc(c(F)c2)-n2cc(cn2)C=NO1. The highest BCUT2D eigenvalue weighted by Crippen LogP contribution is 2.26. The van der Waals surface area contributed by atoms with Gasteiger partial charge in [0.15, 0.2) is 5.82 Å². The number of carbonyl (C=O) groups is 2. The summed E-state index contributed by atoms with van der Waals surface area (Å²) in [5, 5.41) is 8.81. The Labute approximate surface area is 147 Å². The van der Waals surface area contributed by atoms with Gasteiger partial charge in [0.1, 0.15) is 18.3 Å². The number of amides is 2. The molecule has 0 radical (unpaired) electrons. The van der Waals surface area contributed by atoms with Gasteiger partial charge in [-0.25, -0.2) is 13.9 Å². The lowest BCUT2D eigenvalue weighted by molar-refractivity contribution is -0.189. The lowest BCUT2D eigenvalue weighted by Gasteiger charge is -2.19. The van der Waals surface area contributed by atoms with Crippen molar-refractivity contribution in [2.75, 3.05) is 18.0 Å². The minimum Gasteiger partial charge on any atom is -0.442 e. The second-order valence-corrected chi connectivity index (χ2v) is 5.87. The third kappa shape index (κ3) is 2.85. The molecule has 5 rings (SSSR count). The number of fused-ring (bicyclic) bond motifs is 5. The van der Waals surface area contributed by atoms with Gasteiger partial charge in [-0.3, -0.25) is 14.6 Å². The van der Waals surface area contributed by atoms with Crippen molar-refractivity contribution in [2.45, 2.75) is 13.0 Å². The zero-order valence-electron chi connectivity index (χ0n) is 13.7. The van der Waals surface area contributed by atoms with E-state index in [1.165, 1.54) is 41.0 Å². The molecule has 6 bridgehead atoms. The Morgan fingerprint density at radius 3 is 2.96 bits per heavy atom. The maximum Gasteiger partial charge on any atom is 0.414 e. The van der Waals surface area contributed by atoms with Crippen LogP contribution >= 0.6 is 0 Å². The van der Waals surface area contributed by atoms with Gasteiger partial charge in [0.25, 0.3) is 5.91 Å². The van der Waals surface area contributed by atoms with Gasteiger partial charge in [-0.2, -0.15) is 5.10 Å². The first-order chi connectivity index (χ1) is 12.5. The Morgan fingerprint density at radius 2 is 2.19 bits per heavy atom. The molecule has 2 aromatic rings. The smallest absolute Gasteiger partial charge is 0.414 e. The average Bonchev–Trinajstić information content (AvgIpc) is 3.19. The minimum absolute atomic E-state index is 0.00522. The number of halogens is 1. The number of ether oxygens (including phenoxy) is 1. The number of hydrogen-bond acceptors (Lipinski definition) is 6. The number of oxime groups is 1. The molecule has 0 unspecified atom stereocenters. The first-order valence-corrected chi connectivity index (χ1v) is 7.82. The number of hydrogen-bond donors (Lipinski definition) is 0. The molecule has 26 heavy (non-hydrogen) atoms. The van der Waals surface area contributed by atoms with Crippen LogP contribution in [0.2, 0.25) is 0 Å². The van der Waals surface area contributed by atoms with Crippen LogP contribution in [0.1, 0.15) is 12.5 Å². The number of hydroxylamine groups is 2. The third-order valence-electron chi connectivity index (χ3n) is 4.03. The number of aromatic nitrogens is 2. The van der Waals surface area contributed by atoms with E-state index in [9.17, 15) is 14.0 Å². The highest BCUT2D eigenvalue weighted by atomic mass is 19.1. The van der Waals surface area contributed by atoms with Crippen LogP contribution in [0.4, 0.5) is 14.9 Å². The van der Waals surface area contributed by atoms with Crippen LogP contribution in [-0.4, -0.2) is 52.3 Å². The lowest BCUT2D eigenvalue weighted by atomic mass is 10.2. The molecule has 9 nitrogen and oxygen atoms in total. The van der Waals surface area contributed by atoms with E-state index in [4.69, 9.17) is 9.68 Å². The highest BCUT2D eigenvalue weighted by Gasteiger charge is 2.35. The molecule has 3 aliphatic rings. The third-order valence-corrected chi connectivity index (χ3v) is 4.03. The molecule has 0 spiro atoms. The zero-order chi connectivity index (χ0) is 18.3. The van der Waals surface area contributed by atoms with E-state index in [-0.39, 0.29) is 18.8 Å². The summed E-state index contributed by atoms with van der Waals surface area (Å²) in [4.78, 5) is 30.3. The van der Waals surface area contributed by atoms with Crippen LogP contribution < -0.4 is 4.90 Å². The van der Waals surface area contributed by atoms with Gasteiger partial charge in [0, 0.05) is 18.7 Å². The zero-order valence-corrected chi connectivity index (χ0v) is 13.7. The summed E-state index contributed by atoms with van der Waals surface area (Å²) in [6.07, 6.45) is 3.13. The Bertz CT molecular complexity index is 912. The number of anilines is 1. The van der Waals surface area contributed by atoms with Crippen molar-refractivity contribution in [3.05, 3.63) is 42.0 Å². The van der Waals surface area contributed by atoms with Crippen molar-refractivity contribution in [1.29, 1.82) is 0 Å². The van der Waals surface area contributed by atoms with Gasteiger partial charge >= 0.3 is 6.09 Å². The van der Waals surface area contributed by atoms with Gasteiger partial charge in [-0.1, -0.05) is 5.16 Å². The molecule has 1 saturated heterocycles. The number of nitrogens with zero attached hydrogens (tertiary/aromatic N) is 5. The second-order valence-electron chi connectivity index (χ2n) is 5.87. The van der Waals surface area contributed by atoms with Gasteiger partial charge in [0.2, 0.25) is 0 Å². The van der Waals surface area contributed by atoms with Crippen LogP contribution in [0.15, 0.2) is 35.7 Å². The molecular weight excluding hydrogens is 345 g/mol. The van der Waals surface area contributed by atoms with Crippen LogP contribution in [0.25, 0.3) is 5.69 Å². The molecule has 3 aliphatic heterocycles. The summed E-state index contributed by atoms with van der Waals surface area (Å²) in [5.41, 5.74) is 1.13. The number of rotatable bonds is 0. The van der Waals surface area contributed by atoms with Crippen molar-refractivity contribution >= 4 is 23.9 Å². The molecule has 4 heterocycles. The predicted octanol–water partition coefficient (Wildman–Crippen LogP) is 1.46. The molecule has 0 N–H and O–H groups in total. The van der Waals surface area contributed by atoms with Crippen LogP contribution in [0.5, 0.6) is 0 Å². The molecule has 2 amide bonds. The standard InChI is InChI=1S/C16H14FN5O4/c1-10(23)22-9-13-8-20(16(24)25-13)12-2-3-15(14(17)4-12)21-7-11(5-18-21)6-19-26-22/h2-7,13H,8-9H2,1H3/t13-/m0/s1. The fourth-order valence-corrected chi connectivity index (χ4v) is 2.76. The van der Waals surface area contributed by atoms with Crippen LogP contribution in [0, 0.1) is 5.82 Å². The first kappa shape index (κ1) is 16.1. The maximum absolute atomic E-state index is 14.5. The first-order valence-electron chi connectivity index (χ1n) is 7.82. The van der Waals surface area contributed by atoms with Crippen molar-refractivity contribution < 1.29 is 23.7 Å². The Kier molecular flexibility index (Phi) is 3.79. The summed E-state index contributed by atoms with van der Waals surface area (Å²) in [5.74, 6) is -0.937. The topological polar surface area (TPSA) is 89.3 Å². The van der Waals surface area contributed by atoms with Gasteiger partial charge < -0.3 is 4.74 Å². The van der Waals surface area contributed by atoms with Crippen molar-refractivity contribution in [3.63, 3.8) is 0 Å². The van der Waals surface area contributed by atoms with E-state index >= 15 is 0 Å². The van der Waals surface area contributed by atoms with E-state index in [1.54, 1.807) is 12.3 Å². The average molecular weight is 359 g/mol. The largest absolute Gasteiger partial charge is 0.442 e. The summed E-state index contributed by atoms with van der Waals surface area (Å²) < 4.78 is 21.1. The fraction of sp³-hybridized carbons (Fsp3) is 0.250. The van der Waals surface area contributed by atoms with Gasteiger partial charge in [0.05, 0.1) is 24.6 Å². The number of benzene rings is 1. The molecule has 1 fully saturated rings. The molecule has 0 aliphatic carbocycles. The van der Waals surface area contributed by atoms with Gasteiger partial charge in [-0.15, -0.1) is 5.06 Å². The molecule has 1 aromatic carbocycles. The summed E-state index contributed by atoms with van der Waals surface area (Å²) in [6.45, 7) is 1.46. The molecule has 134 valence electrons. The van der Waals surface area contributed by atoms with Crippen molar-refractivity contribution in [3.8, 4) is 5.69 Å². The molecule has 1 aromatic heterocycles. The van der Waals surface area contributed by atoms with E-state index in [0.717, 1.165) is 5.06 Å². The van der Waals surface area contributed by atoms with Crippen molar-refractivity contribution in [1.82, 2.24) is 14.8 Å². The van der Waals surface area contributed by atoms with Crippen LogP contribution in [-0.2, 0) is 14.5 Å². The van der Waals surface area contributed by atoms with Gasteiger partial charge in [-0.05, 0) is 18.2 Å². The Hall–Kier alpha value is -3.43. The normalized spacial score (nSPS) is 19.0. The highest BCUT2D eigenvalue weighted by molar-refractivity contribution is 5.90. The Morgan fingerprint density at radius 1 is 1.35 bits per heavy atom. The quantitative estimate of drug-likeness (QED) is 0.711. The summed E-state index contributed by atoms with van der Waals surface area (Å²) >= 11 is 0. The van der Waals surface area contributed by atoms with Crippen LogP contribution in [0.3, 0.4) is 0 Å². The predicted molar refractivity (Wildman–Crippen MR) is 87.2 cm³/mol. The summed E-state index contributed by atoms with van der Waals surface area (Å²) in [6, 6.07) is 4.38. The van der Waals surface area contributed by atoms with E-state index in [0.29, 0.717) is 11.3 Å². The summed E-state index contributed by atoms with van der Waals surface area (Å²) in [7, 11) is 0. The monoisotopic (exact) mass is 359 g/mol. The lowest BCUT2D eigenvalue weighted by Crippen LogP contribution is -2.37. The second kappa shape index (κ2) is 6.14. The van der Waals surface area contributed by atoms with E-state index < -0.39 is 23.9 Å². The molecule has 0 saturated carbocycles. The number of carbonyl (C=O) groups excluding carboxylic acids is 2.